The smallest absolute Gasteiger partial charge is 0.220 e. The number of oxime groups is 1. The number of rotatable bonds is 4. The topological polar surface area (TPSA) is 87.7 Å². The van der Waals surface area contributed by atoms with E-state index in [0.717, 1.165) is 19.3 Å². The summed E-state index contributed by atoms with van der Waals surface area (Å²) in [6.45, 7) is 0. The summed E-state index contributed by atoms with van der Waals surface area (Å²) in [6, 6.07) is 0.0455. The van der Waals surface area contributed by atoms with Crippen molar-refractivity contribution < 1.29 is 10.0 Å². The molecule has 5 nitrogen and oxygen atoms in total. The summed E-state index contributed by atoms with van der Waals surface area (Å²) in [7, 11) is 0. The molecule has 2 aliphatic carbocycles. The first-order valence-corrected chi connectivity index (χ1v) is 7.97. The van der Waals surface area contributed by atoms with Gasteiger partial charge in [-0.1, -0.05) is 37.3 Å². The lowest BCUT2D eigenvalue weighted by atomic mass is 9.95. The van der Waals surface area contributed by atoms with Crippen LogP contribution in [0.2, 0.25) is 0 Å². The van der Waals surface area contributed by atoms with E-state index in [4.69, 9.17) is 10.9 Å². The average molecular weight is 281 g/mol. The summed E-state index contributed by atoms with van der Waals surface area (Å²) >= 11 is 0. The van der Waals surface area contributed by atoms with Crippen molar-refractivity contribution in [3.63, 3.8) is 0 Å². The largest absolute Gasteiger partial charge is 0.409 e. The summed E-state index contributed by atoms with van der Waals surface area (Å²) in [5.74, 6) is 0.932. The zero-order valence-electron chi connectivity index (χ0n) is 12.2. The number of nitrogens with zero attached hydrogens (tertiary/aromatic N) is 1. The fourth-order valence-corrected chi connectivity index (χ4v) is 3.66. The molecule has 5 heteroatoms. The van der Waals surface area contributed by atoms with Gasteiger partial charge in [0.25, 0.3) is 0 Å². The normalized spacial score (nSPS) is 29.1. The molecule has 0 bridgehead atoms. The van der Waals surface area contributed by atoms with Crippen molar-refractivity contribution in [1.29, 1.82) is 0 Å². The van der Waals surface area contributed by atoms with Crippen LogP contribution in [0.4, 0.5) is 0 Å². The summed E-state index contributed by atoms with van der Waals surface area (Å²) in [5, 5.41) is 15.0. The average Bonchev–Trinajstić information content (AvgIpc) is 2.73. The third-order valence-corrected chi connectivity index (χ3v) is 4.81. The lowest BCUT2D eigenvalue weighted by Gasteiger charge is -2.21. The van der Waals surface area contributed by atoms with Gasteiger partial charge in [0, 0.05) is 18.4 Å². The molecule has 2 saturated carbocycles. The number of nitrogens with two attached hydrogens (primary N) is 1. The molecule has 0 spiro atoms. The van der Waals surface area contributed by atoms with Gasteiger partial charge < -0.3 is 16.3 Å². The van der Waals surface area contributed by atoms with Crippen LogP contribution in [-0.2, 0) is 4.79 Å². The molecular formula is C15H27N3O2. The van der Waals surface area contributed by atoms with Crippen LogP contribution in [0.5, 0.6) is 0 Å². The summed E-state index contributed by atoms with van der Waals surface area (Å²) in [4.78, 5) is 12.2. The first-order valence-electron chi connectivity index (χ1n) is 7.97. The second kappa shape index (κ2) is 7.50. The molecule has 0 heterocycles. The fraction of sp³-hybridized carbons (Fsp3) is 0.867. The lowest BCUT2D eigenvalue weighted by molar-refractivity contribution is -0.122. The second-order valence-corrected chi connectivity index (χ2v) is 6.30. The summed E-state index contributed by atoms with van der Waals surface area (Å²) < 4.78 is 0. The molecule has 0 saturated heterocycles. The Morgan fingerprint density at radius 1 is 1.10 bits per heavy atom. The van der Waals surface area contributed by atoms with Crippen LogP contribution in [0.3, 0.4) is 0 Å². The van der Waals surface area contributed by atoms with E-state index in [1.54, 1.807) is 0 Å². The molecule has 2 atom stereocenters. The highest BCUT2D eigenvalue weighted by molar-refractivity contribution is 5.84. The van der Waals surface area contributed by atoms with E-state index in [1.165, 1.54) is 38.5 Å². The van der Waals surface area contributed by atoms with Gasteiger partial charge in [-0.05, 0) is 31.6 Å². The van der Waals surface area contributed by atoms with Crippen molar-refractivity contribution >= 4 is 11.7 Å². The van der Waals surface area contributed by atoms with Gasteiger partial charge in [0.15, 0.2) is 0 Å². The molecule has 0 aromatic heterocycles. The zero-order valence-corrected chi connectivity index (χ0v) is 12.2. The highest BCUT2D eigenvalue weighted by Gasteiger charge is 2.32. The molecule has 2 unspecified atom stereocenters. The minimum Gasteiger partial charge on any atom is -0.409 e. The molecule has 1 amide bonds. The van der Waals surface area contributed by atoms with Crippen LogP contribution in [0, 0.1) is 11.8 Å². The molecular weight excluding hydrogens is 254 g/mol. The molecule has 2 rings (SSSR count). The van der Waals surface area contributed by atoms with Gasteiger partial charge in [-0.25, -0.2) is 0 Å². The third-order valence-electron chi connectivity index (χ3n) is 4.81. The van der Waals surface area contributed by atoms with Gasteiger partial charge in [-0.3, -0.25) is 4.79 Å². The van der Waals surface area contributed by atoms with Crippen molar-refractivity contribution in [1.82, 2.24) is 5.32 Å². The van der Waals surface area contributed by atoms with E-state index >= 15 is 0 Å². The van der Waals surface area contributed by atoms with Crippen LogP contribution in [0.15, 0.2) is 5.16 Å². The number of carbonyl (C=O) groups excluding carboxylic acids is 1. The monoisotopic (exact) mass is 281 g/mol. The molecule has 2 aliphatic rings. The van der Waals surface area contributed by atoms with Gasteiger partial charge in [0.2, 0.25) is 5.91 Å². The van der Waals surface area contributed by atoms with E-state index in [2.05, 4.69) is 10.5 Å². The van der Waals surface area contributed by atoms with Gasteiger partial charge in [0.05, 0.1) is 0 Å². The van der Waals surface area contributed by atoms with Crippen LogP contribution in [0.25, 0.3) is 0 Å². The van der Waals surface area contributed by atoms with Crippen LogP contribution >= 0.6 is 0 Å². The molecule has 4 N–H and O–H groups in total. The lowest BCUT2D eigenvalue weighted by Crippen LogP contribution is -2.42. The maximum Gasteiger partial charge on any atom is 0.220 e. The Morgan fingerprint density at radius 2 is 1.80 bits per heavy atom. The molecule has 0 aliphatic heterocycles. The number of hydrogen-bond acceptors (Lipinski definition) is 3. The van der Waals surface area contributed by atoms with Crippen molar-refractivity contribution in [3.8, 4) is 0 Å². The summed E-state index contributed by atoms with van der Waals surface area (Å²) in [6.07, 6.45) is 11.0. The molecule has 0 aromatic rings. The Balaban J connectivity index is 1.81. The number of amidine groups is 1. The summed E-state index contributed by atoms with van der Waals surface area (Å²) in [5.41, 5.74) is 5.70. The van der Waals surface area contributed by atoms with Gasteiger partial charge >= 0.3 is 0 Å². The molecule has 0 aromatic carbocycles. The highest BCUT2D eigenvalue weighted by atomic mass is 16.4. The van der Waals surface area contributed by atoms with E-state index < -0.39 is 0 Å². The Morgan fingerprint density at radius 3 is 2.45 bits per heavy atom. The minimum atomic E-state index is -0.00177. The minimum absolute atomic E-state index is 0.00177. The Kier molecular flexibility index (Phi) is 5.68. The zero-order chi connectivity index (χ0) is 14.4. The SMILES string of the molecule is NC(=NO)C1CCCC1NC(=O)CC1CCCCCC1. The van der Waals surface area contributed by atoms with Crippen molar-refractivity contribution in [2.75, 3.05) is 0 Å². The number of hydrogen-bond donors (Lipinski definition) is 3. The van der Waals surface area contributed by atoms with Crippen molar-refractivity contribution in [2.24, 2.45) is 22.7 Å². The second-order valence-electron chi connectivity index (χ2n) is 6.30. The predicted octanol–water partition coefficient (Wildman–Crippen LogP) is 2.38. The van der Waals surface area contributed by atoms with Crippen molar-refractivity contribution in [3.05, 3.63) is 0 Å². The van der Waals surface area contributed by atoms with E-state index in [1.807, 2.05) is 0 Å². The predicted molar refractivity (Wildman–Crippen MR) is 78.5 cm³/mol. The number of amides is 1. The number of nitrogens with one attached hydrogen (secondary N) is 1. The highest BCUT2D eigenvalue weighted by Crippen LogP contribution is 2.28. The molecule has 20 heavy (non-hydrogen) atoms. The number of carbonyl (C=O) groups is 1. The van der Waals surface area contributed by atoms with Gasteiger partial charge in [-0.15, -0.1) is 0 Å². The molecule has 2 fully saturated rings. The van der Waals surface area contributed by atoms with Crippen molar-refractivity contribution in [2.45, 2.75) is 70.3 Å². The Hall–Kier alpha value is -1.26. The Bertz CT molecular complexity index is 349. The van der Waals surface area contributed by atoms with Crippen LogP contribution in [0.1, 0.15) is 64.2 Å². The van der Waals surface area contributed by atoms with E-state index in [9.17, 15) is 4.79 Å². The Labute approximate surface area is 121 Å². The molecule has 114 valence electrons. The van der Waals surface area contributed by atoms with E-state index in [-0.39, 0.29) is 23.7 Å². The first kappa shape index (κ1) is 15.1. The standard InChI is InChI=1S/C15H27N3O2/c16-15(18-20)12-8-5-9-13(12)17-14(19)10-11-6-3-1-2-4-7-11/h11-13,20H,1-10H2,(H2,16,18)(H,17,19). The van der Waals surface area contributed by atoms with Gasteiger partial charge in [-0.2, -0.15) is 0 Å². The van der Waals surface area contributed by atoms with E-state index in [0.29, 0.717) is 12.3 Å². The maximum absolute atomic E-state index is 12.2. The van der Waals surface area contributed by atoms with Gasteiger partial charge in [0.1, 0.15) is 5.84 Å². The fourth-order valence-electron chi connectivity index (χ4n) is 3.66. The molecule has 0 radical (unpaired) electrons. The van der Waals surface area contributed by atoms with Crippen LogP contribution < -0.4 is 11.1 Å². The first-order chi connectivity index (χ1) is 9.70. The quantitative estimate of drug-likeness (QED) is 0.243. The maximum atomic E-state index is 12.2. The third kappa shape index (κ3) is 4.12. The van der Waals surface area contributed by atoms with Crippen LogP contribution in [-0.4, -0.2) is 23.0 Å².